The number of carbonyl (C=O) groups is 1. The number of fused-ring (bicyclic) bond motifs is 3. The average Bonchev–Trinajstić information content (AvgIpc) is 1.47. The van der Waals surface area contributed by atoms with E-state index in [4.69, 9.17) is 85.3 Å². The van der Waals surface area contributed by atoms with Crippen LogP contribution >= 0.6 is 0 Å². The Balaban J connectivity index is 0.776. The Labute approximate surface area is 695 Å². The summed E-state index contributed by atoms with van der Waals surface area (Å²) in [5, 5.41) is 319. The van der Waals surface area contributed by atoms with E-state index in [1.54, 1.807) is 6.92 Å². The van der Waals surface area contributed by atoms with Gasteiger partial charge in [-0.05, 0) is 86.5 Å². The molecular weight excluding hydrogens is 1660 g/mol. The number of carbonyl (C=O) groups excluding carboxylic acids is 1. The highest BCUT2D eigenvalue weighted by Gasteiger charge is 2.71. The van der Waals surface area contributed by atoms with Gasteiger partial charge in [0.15, 0.2) is 56.4 Å². The Morgan fingerprint density at radius 1 is 0.328 bits per heavy atom. The molecular formula is C74H120O48. The summed E-state index contributed by atoms with van der Waals surface area (Å²) < 4.78 is 110. The first kappa shape index (κ1) is 96.9. The zero-order valence-corrected chi connectivity index (χ0v) is 66.3. The molecule has 29 N–H and O–H groups in total. The first-order valence-electron chi connectivity index (χ1n) is 41.0. The molecule has 46 unspecified atom stereocenters. The van der Waals surface area contributed by atoms with Crippen LogP contribution in [-0.4, -0.2) is 495 Å². The van der Waals surface area contributed by atoms with Gasteiger partial charge in [0.1, 0.15) is 214 Å². The molecule has 122 heavy (non-hydrogen) atoms. The highest BCUT2D eigenvalue weighted by molar-refractivity contribution is 5.77. The number of rotatable bonds is 27. The topological polar surface area (TPSA) is 770 Å². The van der Waals surface area contributed by atoms with Crippen LogP contribution in [0.5, 0.6) is 0 Å². The molecule has 4 aliphatic carbocycles. The van der Waals surface area contributed by atoms with Crippen LogP contribution in [0.4, 0.5) is 0 Å². The number of aliphatic hydroxyl groups excluding tert-OH is 29. The zero-order chi connectivity index (χ0) is 88.7. The third-order valence-electron chi connectivity index (χ3n) is 27.6. The van der Waals surface area contributed by atoms with Gasteiger partial charge < -0.3 is 233 Å². The molecule has 48 heteroatoms. The lowest BCUT2D eigenvalue weighted by atomic mass is 9.41. The van der Waals surface area contributed by atoms with Crippen molar-refractivity contribution in [1.82, 2.24) is 0 Å². The van der Waals surface area contributed by atoms with E-state index in [9.17, 15) is 148 Å². The van der Waals surface area contributed by atoms with Crippen LogP contribution in [0.25, 0.3) is 0 Å². The molecule has 9 aliphatic heterocycles. The van der Waals surface area contributed by atoms with Crippen molar-refractivity contribution in [3.8, 4) is 0 Å². The van der Waals surface area contributed by atoms with Crippen LogP contribution in [0.3, 0.4) is 0 Å². The van der Waals surface area contributed by atoms with Crippen molar-refractivity contribution >= 4 is 5.97 Å². The summed E-state index contributed by atoms with van der Waals surface area (Å²) in [7, 11) is 0. The van der Waals surface area contributed by atoms with E-state index in [0.29, 0.717) is 31.3 Å². The van der Waals surface area contributed by atoms with Crippen molar-refractivity contribution < 1.29 is 238 Å². The fraction of sp³-hybridized carbons (Fsp3) is 0.959. The Kier molecular flexibility index (Phi) is 31.0. The minimum atomic E-state index is -2.35. The van der Waals surface area contributed by atoms with Crippen LogP contribution in [0.2, 0.25) is 0 Å². The van der Waals surface area contributed by atoms with Gasteiger partial charge in [-0.25, -0.2) is 0 Å². The summed E-state index contributed by atoms with van der Waals surface area (Å²) in [6.45, 7) is -0.758. The summed E-state index contributed by atoms with van der Waals surface area (Å²) in [5.41, 5.74) is -3.99. The Hall–Kier alpha value is -2.63. The number of hydrogen-bond acceptors (Lipinski definition) is 48. The lowest BCUT2D eigenvalue weighted by Crippen LogP contribution is -2.68. The smallest absolute Gasteiger partial charge is 0.314 e. The van der Waals surface area contributed by atoms with E-state index >= 15 is 4.79 Å². The highest BCUT2D eigenvalue weighted by atomic mass is 16.8. The number of esters is 1. The second-order valence-corrected chi connectivity index (χ2v) is 34.9. The van der Waals surface area contributed by atoms with Crippen LogP contribution < -0.4 is 0 Å². The third-order valence-corrected chi connectivity index (χ3v) is 27.6. The summed E-state index contributed by atoms with van der Waals surface area (Å²) >= 11 is 0. The van der Waals surface area contributed by atoms with Crippen molar-refractivity contribution in [3.63, 3.8) is 0 Å². The molecule has 0 aromatic heterocycles. The molecule has 13 aliphatic rings. The van der Waals surface area contributed by atoms with Gasteiger partial charge in [0.2, 0.25) is 6.29 Å². The SMILES string of the molecule is C=C1C[C@@]23CC[C@H]4[C@@](C)(CCC[C@@]4(C)C(=O)OC4OC(CO)C(O)C(OC5OC(CO)C(O)C(O)C5O)C4OC4OC(CO)C(O)C(O)C4O)[C@@H]2CCC1(OC1OC(CO)C(O)C(OC2OC(CO)C(O)C(O)C2O)C1OC1OC(COC2OC(CO)C(O)C(OC4OC(CO)C(O)C(O)C4O)C2OC2OC(CO)C(O)C(O)C2O)C(O)C(O)C1O)C3. The van der Waals surface area contributed by atoms with Gasteiger partial charge in [0.05, 0.1) is 70.5 Å². The Morgan fingerprint density at radius 3 is 0.975 bits per heavy atom. The highest BCUT2D eigenvalue weighted by Crippen LogP contribution is 2.74. The van der Waals surface area contributed by atoms with Crippen LogP contribution in [-0.2, 0) is 90.1 Å². The van der Waals surface area contributed by atoms with E-state index < -0.39 is 370 Å². The normalized spacial score (nSPS) is 54.4. The van der Waals surface area contributed by atoms with Gasteiger partial charge in [-0.2, -0.15) is 0 Å². The Morgan fingerprint density at radius 2 is 0.615 bits per heavy atom. The minimum absolute atomic E-state index is 0.0895. The molecule has 9 heterocycles. The molecule has 0 amide bonds. The summed E-state index contributed by atoms with van der Waals surface area (Å²) in [6.07, 6.45) is -88.2. The van der Waals surface area contributed by atoms with Crippen molar-refractivity contribution in [2.45, 2.75) is 354 Å². The van der Waals surface area contributed by atoms with Crippen molar-refractivity contribution in [1.29, 1.82) is 0 Å². The standard InChI is InChI=1S/C74H120O48/c1-22-11-73-9-5-32-71(2,7-4-8-72(32,3)70(104)121-68-59(119-65-53(102)47(96)38(87)27(16-79)110-65)56(41(90)29(18-81)112-68)116-62-50(99)44(93)35(84)24(13-76)107-62)33(73)6-10-74(22,21-73)122-69-60(57(42(91)30(19-82)113-69)117-63-51(100)45(94)36(85)25(14-77)108-63)120-66-54(103)48(97)39(88)31(114-66)20-105-67-58(118-64-52(101)46(95)37(86)26(15-78)109-64)55(40(89)28(17-80)111-67)115-61-49(98)43(92)34(83)23(12-75)106-61/h23-69,75-103H,1,4-21H2,2-3H3/t23?,24?,25?,26?,27?,28?,29?,30?,31?,32-,33-,34?,35?,36?,37?,38?,39?,40?,41?,42?,43?,44?,45?,46?,47?,48?,49?,50?,51?,52?,53?,54?,55?,56?,57?,58?,59?,60?,61?,62?,63?,64?,65?,66?,67?,68?,69?,71+,72+,73+,74?/m0/s1. The molecule has 13 rings (SSSR count). The number of ether oxygens (including phenoxy) is 18. The van der Waals surface area contributed by atoms with Gasteiger partial charge in [-0.1, -0.05) is 19.9 Å². The molecule has 0 radical (unpaired) electrons. The molecule has 48 nitrogen and oxygen atoms in total. The summed E-state index contributed by atoms with van der Waals surface area (Å²) in [6, 6.07) is 0. The number of aliphatic hydroxyl groups is 29. The maximum atomic E-state index is 15.6. The molecule has 0 aromatic carbocycles. The van der Waals surface area contributed by atoms with Crippen molar-refractivity contribution in [2.75, 3.05) is 59.5 Å². The van der Waals surface area contributed by atoms with E-state index in [1.807, 2.05) is 6.92 Å². The second kappa shape index (κ2) is 39.0. The van der Waals surface area contributed by atoms with Gasteiger partial charge >= 0.3 is 5.97 Å². The molecule has 13 fully saturated rings. The van der Waals surface area contributed by atoms with Gasteiger partial charge in [-0.3, -0.25) is 4.79 Å². The van der Waals surface area contributed by atoms with E-state index in [1.165, 1.54) is 0 Å². The van der Waals surface area contributed by atoms with Crippen molar-refractivity contribution in [3.05, 3.63) is 12.2 Å². The monoisotopic (exact) mass is 1780 g/mol. The largest absolute Gasteiger partial charge is 0.432 e. The molecule has 0 aromatic rings. The molecule has 2 bridgehead atoms. The fourth-order valence-electron chi connectivity index (χ4n) is 20.8. The fourth-order valence-corrected chi connectivity index (χ4v) is 20.8. The summed E-state index contributed by atoms with van der Waals surface area (Å²) in [4.78, 5) is 15.6. The van der Waals surface area contributed by atoms with E-state index in [0.717, 1.165) is 0 Å². The molecule has 9 saturated heterocycles. The third kappa shape index (κ3) is 17.9. The summed E-state index contributed by atoms with van der Waals surface area (Å²) in [5.74, 6) is -1.77. The van der Waals surface area contributed by atoms with E-state index in [-0.39, 0.29) is 38.0 Å². The Bertz CT molecular complexity index is 3390. The quantitative estimate of drug-likeness (QED) is 0.0206. The molecule has 51 atom stereocenters. The van der Waals surface area contributed by atoms with Gasteiger partial charge in [-0.15, -0.1) is 0 Å². The van der Waals surface area contributed by atoms with Crippen molar-refractivity contribution in [2.24, 2.45) is 28.1 Å². The lowest BCUT2D eigenvalue weighted by Gasteiger charge is -2.64. The zero-order valence-electron chi connectivity index (χ0n) is 66.3. The second-order valence-electron chi connectivity index (χ2n) is 34.9. The molecule has 1 spiro atoms. The maximum absolute atomic E-state index is 15.6. The molecule has 4 saturated carbocycles. The predicted octanol–water partition coefficient (Wildman–Crippen LogP) is -16.0. The number of hydrogen-bond donors (Lipinski definition) is 29. The predicted molar refractivity (Wildman–Crippen MR) is 382 cm³/mol. The maximum Gasteiger partial charge on any atom is 0.314 e. The van der Waals surface area contributed by atoms with Crippen LogP contribution in [0, 0.1) is 28.1 Å². The first-order chi connectivity index (χ1) is 57.8. The lowest BCUT2D eigenvalue weighted by molar-refractivity contribution is -0.405. The molecule has 704 valence electrons. The minimum Gasteiger partial charge on any atom is -0.432 e. The van der Waals surface area contributed by atoms with E-state index in [2.05, 4.69) is 6.58 Å². The van der Waals surface area contributed by atoms with Gasteiger partial charge in [0, 0.05) is 0 Å². The first-order valence-corrected chi connectivity index (χ1v) is 41.0. The van der Waals surface area contributed by atoms with Crippen LogP contribution in [0.15, 0.2) is 12.2 Å². The van der Waals surface area contributed by atoms with Crippen LogP contribution in [0.1, 0.15) is 71.6 Å². The van der Waals surface area contributed by atoms with Gasteiger partial charge in [0.25, 0.3) is 0 Å². The average molecular weight is 1780 g/mol.